The molecule has 114 valence electrons. The number of nitrogens with zero attached hydrogens (tertiary/aromatic N) is 1. The quantitative estimate of drug-likeness (QED) is 0.754. The van der Waals surface area contributed by atoms with E-state index in [1.54, 1.807) is 32.2 Å². The van der Waals surface area contributed by atoms with Crippen LogP contribution in [0.4, 0.5) is 0 Å². The van der Waals surface area contributed by atoms with Crippen LogP contribution in [0.3, 0.4) is 0 Å². The van der Waals surface area contributed by atoms with Crippen LogP contribution >= 0.6 is 43.2 Å². The molecular weight excluding hydrogens is 440 g/mol. The molecule has 0 amide bonds. The molecule has 0 radical (unpaired) electrons. The topological polar surface area (TPSA) is 59.1 Å². The number of aryl methyl sites for hydroxylation is 1. The first-order valence-corrected chi connectivity index (χ1v) is 9.98. The largest absolute Gasteiger partial charge is 0.248 e. The zero-order valence-corrected chi connectivity index (χ0v) is 16.5. The standard InChI is InChI=1S/C13H14Br2N2O2S2/c1-8-6-10(15)11(7-9(8)14)21(18,19)17-13(2,3)12-16-4-5-20-12/h4-7,17H,1-3H3. The molecule has 1 N–H and O–H groups in total. The summed E-state index contributed by atoms with van der Waals surface area (Å²) in [6, 6.07) is 3.37. The highest BCUT2D eigenvalue weighted by atomic mass is 79.9. The van der Waals surface area contributed by atoms with E-state index in [4.69, 9.17) is 0 Å². The fourth-order valence-electron chi connectivity index (χ4n) is 1.80. The van der Waals surface area contributed by atoms with Crippen LogP contribution in [-0.2, 0) is 15.6 Å². The minimum Gasteiger partial charge on any atom is -0.248 e. The van der Waals surface area contributed by atoms with E-state index in [0.29, 0.717) is 9.48 Å². The third-order valence-electron chi connectivity index (χ3n) is 2.86. The van der Waals surface area contributed by atoms with Crippen molar-refractivity contribution in [1.82, 2.24) is 9.71 Å². The van der Waals surface area contributed by atoms with Gasteiger partial charge in [-0.25, -0.2) is 13.4 Å². The lowest BCUT2D eigenvalue weighted by Gasteiger charge is -2.24. The lowest BCUT2D eigenvalue weighted by Crippen LogP contribution is -2.41. The summed E-state index contributed by atoms with van der Waals surface area (Å²) in [5, 5.41) is 2.54. The summed E-state index contributed by atoms with van der Waals surface area (Å²) >= 11 is 8.10. The number of benzene rings is 1. The van der Waals surface area contributed by atoms with E-state index in [1.165, 1.54) is 11.3 Å². The minimum atomic E-state index is -3.67. The van der Waals surface area contributed by atoms with Crippen LogP contribution in [0.2, 0.25) is 0 Å². The number of nitrogens with one attached hydrogen (secondary N) is 1. The highest BCUT2D eigenvalue weighted by molar-refractivity contribution is 9.11. The number of hydrogen-bond acceptors (Lipinski definition) is 4. The lowest BCUT2D eigenvalue weighted by atomic mass is 10.1. The summed E-state index contributed by atoms with van der Waals surface area (Å²) in [5.41, 5.74) is 0.184. The van der Waals surface area contributed by atoms with Crippen LogP contribution < -0.4 is 4.72 Å². The molecule has 1 aromatic carbocycles. The van der Waals surface area contributed by atoms with Gasteiger partial charge < -0.3 is 0 Å². The molecular formula is C13H14Br2N2O2S2. The van der Waals surface area contributed by atoms with Crippen LogP contribution in [0.1, 0.15) is 24.4 Å². The molecule has 0 saturated heterocycles. The second kappa shape index (κ2) is 6.08. The van der Waals surface area contributed by atoms with Gasteiger partial charge in [0, 0.05) is 20.5 Å². The zero-order chi connectivity index (χ0) is 15.8. The highest BCUT2D eigenvalue weighted by Gasteiger charge is 2.31. The highest BCUT2D eigenvalue weighted by Crippen LogP contribution is 2.31. The Balaban J connectivity index is 2.42. The first-order chi connectivity index (χ1) is 9.63. The van der Waals surface area contributed by atoms with Crippen molar-refractivity contribution in [1.29, 1.82) is 0 Å². The minimum absolute atomic E-state index is 0.199. The van der Waals surface area contributed by atoms with Crippen molar-refractivity contribution in [3.63, 3.8) is 0 Å². The molecule has 0 aliphatic carbocycles. The van der Waals surface area contributed by atoms with E-state index in [9.17, 15) is 8.42 Å². The molecule has 0 aliphatic rings. The van der Waals surface area contributed by atoms with Gasteiger partial charge in [-0.3, -0.25) is 0 Å². The van der Waals surface area contributed by atoms with Crippen molar-refractivity contribution < 1.29 is 8.42 Å². The maximum atomic E-state index is 12.6. The van der Waals surface area contributed by atoms with E-state index in [1.807, 2.05) is 12.3 Å². The molecule has 0 aliphatic heterocycles. The van der Waals surface area contributed by atoms with E-state index in [0.717, 1.165) is 10.0 Å². The zero-order valence-electron chi connectivity index (χ0n) is 11.6. The van der Waals surface area contributed by atoms with Gasteiger partial charge in [-0.15, -0.1) is 11.3 Å². The van der Waals surface area contributed by atoms with E-state index >= 15 is 0 Å². The molecule has 2 rings (SSSR count). The summed E-state index contributed by atoms with van der Waals surface area (Å²) in [6.07, 6.45) is 1.66. The molecule has 0 fully saturated rings. The molecule has 8 heteroatoms. The van der Waals surface area contributed by atoms with Crippen LogP contribution in [0.5, 0.6) is 0 Å². The van der Waals surface area contributed by atoms with Crippen LogP contribution in [-0.4, -0.2) is 13.4 Å². The van der Waals surface area contributed by atoms with E-state index in [2.05, 4.69) is 41.6 Å². The molecule has 0 bridgehead atoms. The van der Waals surface area contributed by atoms with Gasteiger partial charge in [0.2, 0.25) is 10.0 Å². The second-order valence-corrected chi connectivity index (χ2v) is 9.35. The number of rotatable bonds is 4. The Morgan fingerprint density at radius 2 is 1.90 bits per heavy atom. The Morgan fingerprint density at radius 3 is 2.48 bits per heavy atom. The van der Waals surface area contributed by atoms with Crippen molar-refractivity contribution in [2.45, 2.75) is 31.2 Å². The molecule has 0 saturated carbocycles. The molecule has 4 nitrogen and oxygen atoms in total. The Kier molecular flexibility index (Phi) is 4.94. The first-order valence-electron chi connectivity index (χ1n) is 6.03. The number of halogens is 2. The Morgan fingerprint density at radius 1 is 1.24 bits per heavy atom. The average Bonchev–Trinajstić information content (AvgIpc) is 2.86. The van der Waals surface area contributed by atoms with Gasteiger partial charge in [-0.05, 0) is 54.4 Å². The molecule has 0 spiro atoms. The van der Waals surface area contributed by atoms with Gasteiger partial charge in [-0.2, -0.15) is 4.72 Å². The van der Waals surface area contributed by atoms with Crippen molar-refractivity contribution in [2.75, 3.05) is 0 Å². The van der Waals surface area contributed by atoms with E-state index < -0.39 is 15.6 Å². The van der Waals surface area contributed by atoms with Crippen molar-refractivity contribution in [3.05, 3.63) is 43.2 Å². The summed E-state index contributed by atoms with van der Waals surface area (Å²) in [5.74, 6) is 0. The second-order valence-electron chi connectivity index (χ2n) is 5.10. The predicted octanol–water partition coefficient (Wildman–Crippen LogP) is 4.19. The maximum Gasteiger partial charge on any atom is 0.242 e. The van der Waals surface area contributed by atoms with Gasteiger partial charge in [0.05, 0.1) is 10.4 Å². The van der Waals surface area contributed by atoms with Gasteiger partial charge in [0.1, 0.15) is 5.01 Å². The van der Waals surface area contributed by atoms with Crippen molar-refractivity contribution in [2.24, 2.45) is 0 Å². The Hall–Kier alpha value is -0.280. The third kappa shape index (κ3) is 3.73. The molecule has 21 heavy (non-hydrogen) atoms. The molecule has 2 aromatic rings. The van der Waals surface area contributed by atoms with Crippen LogP contribution in [0, 0.1) is 6.92 Å². The third-order valence-corrected chi connectivity index (χ3v) is 7.42. The first kappa shape index (κ1) is 17.1. The summed E-state index contributed by atoms with van der Waals surface area (Å²) < 4.78 is 29.3. The molecule has 0 unspecified atom stereocenters. The molecule has 0 atom stereocenters. The molecule has 1 heterocycles. The number of aromatic nitrogens is 1. The summed E-state index contributed by atoms with van der Waals surface area (Å²) in [7, 11) is -3.67. The van der Waals surface area contributed by atoms with Gasteiger partial charge in [0.15, 0.2) is 0 Å². The number of hydrogen-bond donors (Lipinski definition) is 1. The fraction of sp³-hybridized carbons (Fsp3) is 0.308. The SMILES string of the molecule is Cc1cc(Br)c(S(=O)(=O)NC(C)(C)c2nccs2)cc1Br. The molecule has 1 aromatic heterocycles. The number of sulfonamides is 1. The lowest BCUT2D eigenvalue weighted by molar-refractivity contribution is 0.469. The summed E-state index contributed by atoms with van der Waals surface area (Å²) in [4.78, 5) is 4.39. The smallest absolute Gasteiger partial charge is 0.242 e. The van der Waals surface area contributed by atoms with Crippen LogP contribution in [0.25, 0.3) is 0 Å². The van der Waals surface area contributed by atoms with Gasteiger partial charge >= 0.3 is 0 Å². The Bertz CT molecular complexity index is 757. The van der Waals surface area contributed by atoms with Crippen molar-refractivity contribution >= 4 is 53.2 Å². The van der Waals surface area contributed by atoms with Gasteiger partial charge in [0.25, 0.3) is 0 Å². The van der Waals surface area contributed by atoms with Crippen molar-refractivity contribution in [3.8, 4) is 0 Å². The normalized spacial score (nSPS) is 12.6. The average molecular weight is 454 g/mol. The monoisotopic (exact) mass is 452 g/mol. The Labute approximate surface area is 145 Å². The number of thiazole rings is 1. The summed E-state index contributed by atoms with van der Waals surface area (Å²) in [6.45, 7) is 5.49. The maximum absolute atomic E-state index is 12.6. The van der Waals surface area contributed by atoms with Crippen LogP contribution in [0.15, 0.2) is 37.6 Å². The van der Waals surface area contributed by atoms with Gasteiger partial charge in [-0.1, -0.05) is 15.9 Å². The predicted molar refractivity (Wildman–Crippen MR) is 92.0 cm³/mol. The fourth-order valence-corrected chi connectivity index (χ4v) is 5.64. The van der Waals surface area contributed by atoms with E-state index in [-0.39, 0.29) is 4.90 Å².